The summed E-state index contributed by atoms with van der Waals surface area (Å²) in [4.78, 5) is 18.3. The Morgan fingerprint density at radius 3 is 0.587 bits per heavy atom. The molecule has 8 aromatic rings. The van der Waals surface area contributed by atoms with E-state index in [4.69, 9.17) is 18.9 Å². The van der Waals surface area contributed by atoms with Gasteiger partial charge in [-0.2, -0.15) is 0 Å². The molecule has 92 heavy (non-hydrogen) atoms. The minimum absolute atomic E-state index is 0.0374. The number of benzene rings is 4. The standard InChI is InChI=1S/C84H108N4O4/c1-77(2,3)53-81(13,14)69-37-61-33-63-39-70(82(15,16)54-78(4,5)6)41-65(74(63)90-50-58-26-22-30-86-46-58)35-67-43-72(84(19,20)56-80(10,11)12)44-68(76(67)92-52-60-28-24-32-88-48-60)36-66-42-71(83(17,18)55-79(7,8)9)40-64(75(66)91-51-59-27-23-31-87-47-59)34-62(38-69)73(61)89-49-57-25-21-29-85-45-57/h21-32,37-48H,33-36,49-56H2,1-20H3. The van der Waals surface area contributed by atoms with E-state index in [0.29, 0.717) is 52.1 Å². The molecule has 8 nitrogen and oxygen atoms in total. The number of hydrogen-bond donors (Lipinski definition) is 0. The highest BCUT2D eigenvalue weighted by Gasteiger charge is 2.36. The molecule has 4 aromatic carbocycles. The molecule has 0 N–H and O–H groups in total. The van der Waals surface area contributed by atoms with E-state index in [1.54, 1.807) is 0 Å². The fraction of sp³-hybridized carbons (Fsp3) is 0.476. The van der Waals surface area contributed by atoms with Crippen molar-refractivity contribution in [2.75, 3.05) is 0 Å². The third-order valence-corrected chi connectivity index (χ3v) is 17.9. The summed E-state index contributed by atoms with van der Waals surface area (Å²) in [5, 5.41) is 0. The van der Waals surface area contributed by atoms with Gasteiger partial charge in [-0.25, -0.2) is 0 Å². The summed E-state index contributed by atoms with van der Waals surface area (Å²) in [5.41, 5.74) is 17.1. The van der Waals surface area contributed by atoms with Crippen LogP contribution >= 0.6 is 0 Å². The minimum Gasteiger partial charge on any atom is -0.488 e. The van der Waals surface area contributed by atoms with Gasteiger partial charge in [0.15, 0.2) is 0 Å². The second-order valence-electron chi connectivity index (χ2n) is 34.3. The van der Waals surface area contributed by atoms with Gasteiger partial charge in [0.1, 0.15) is 49.4 Å². The Hall–Kier alpha value is -7.32. The van der Waals surface area contributed by atoms with E-state index < -0.39 is 0 Å². The van der Waals surface area contributed by atoms with Crippen molar-refractivity contribution in [3.05, 3.63) is 236 Å². The Bertz CT molecular complexity index is 3190. The summed E-state index contributed by atoms with van der Waals surface area (Å²) >= 11 is 0. The summed E-state index contributed by atoms with van der Waals surface area (Å²) < 4.78 is 30.0. The molecule has 0 spiro atoms. The van der Waals surface area contributed by atoms with Crippen molar-refractivity contribution in [2.45, 2.75) is 238 Å². The first-order valence-electron chi connectivity index (χ1n) is 33.7. The molecular weight excluding hydrogens is 1130 g/mol. The van der Waals surface area contributed by atoms with Gasteiger partial charge in [-0.05, 0) is 160 Å². The Morgan fingerprint density at radius 1 is 0.272 bits per heavy atom. The molecular formula is C84H108N4O4. The van der Waals surface area contributed by atoms with Crippen molar-refractivity contribution in [1.29, 1.82) is 0 Å². The van der Waals surface area contributed by atoms with Gasteiger partial charge in [-0.1, -0.05) is 211 Å². The Labute approximate surface area is 554 Å². The lowest BCUT2D eigenvalue weighted by Gasteiger charge is -2.36. The van der Waals surface area contributed by atoms with Crippen LogP contribution in [0.25, 0.3) is 0 Å². The van der Waals surface area contributed by atoms with Crippen LogP contribution in [0.15, 0.2) is 147 Å². The van der Waals surface area contributed by atoms with Gasteiger partial charge in [0.05, 0.1) is 0 Å². The van der Waals surface area contributed by atoms with E-state index in [1.807, 2.05) is 73.8 Å². The first-order valence-corrected chi connectivity index (χ1v) is 33.7. The monoisotopic (exact) mass is 1240 g/mol. The summed E-state index contributed by atoms with van der Waals surface area (Å²) in [7, 11) is 0. The highest BCUT2D eigenvalue weighted by atomic mass is 16.5. The van der Waals surface area contributed by atoms with Gasteiger partial charge in [-0.15, -0.1) is 0 Å². The molecule has 1 aliphatic carbocycles. The number of aromatic nitrogens is 4. The highest BCUT2D eigenvalue weighted by molar-refractivity contribution is 5.60. The van der Waals surface area contributed by atoms with Crippen molar-refractivity contribution in [2.24, 2.45) is 21.7 Å². The fourth-order valence-corrected chi connectivity index (χ4v) is 15.5. The maximum absolute atomic E-state index is 7.51. The second kappa shape index (κ2) is 27.3. The van der Waals surface area contributed by atoms with Gasteiger partial charge < -0.3 is 18.9 Å². The van der Waals surface area contributed by atoms with Crippen molar-refractivity contribution in [3.8, 4) is 23.0 Å². The van der Waals surface area contributed by atoms with Gasteiger partial charge >= 0.3 is 0 Å². The van der Waals surface area contributed by atoms with Crippen LogP contribution < -0.4 is 18.9 Å². The quantitative estimate of drug-likeness (QED) is 0.0746. The van der Waals surface area contributed by atoms with Crippen LogP contribution in [0.2, 0.25) is 0 Å². The van der Waals surface area contributed by atoms with Crippen molar-refractivity contribution in [3.63, 3.8) is 0 Å². The SMILES string of the molecule is CC(C)(C)CC(C)(C)c1cc2c(OCc3cccnc3)c(c1)Cc1cc(C(C)(C)CC(C)(C)C)cc(c1OCc1cccnc1)Cc1cc(C(C)(C)CC(C)(C)C)cc(c1OCc1cccnc1)Cc1cc(C(C)(C)CC(C)(C)C)cc(c1OCc1cccnc1)C2. The highest BCUT2D eigenvalue weighted by Crippen LogP contribution is 2.49. The fourth-order valence-electron chi connectivity index (χ4n) is 15.5. The smallest absolute Gasteiger partial charge is 0.126 e. The molecule has 1 aliphatic rings. The molecule has 4 heterocycles. The summed E-state index contributed by atoms with van der Waals surface area (Å²) in [6, 6.07) is 36.2. The molecule has 0 saturated heterocycles. The lowest BCUT2D eigenvalue weighted by atomic mass is 9.70. The number of nitrogens with zero attached hydrogens (tertiary/aromatic N) is 4. The predicted octanol–water partition coefficient (Wildman–Crippen LogP) is 21.1. The Balaban J connectivity index is 1.46. The number of pyridine rings is 4. The average molecular weight is 1240 g/mol. The van der Waals surface area contributed by atoms with E-state index in [0.717, 1.165) is 115 Å². The predicted molar refractivity (Wildman–Crippen MR) is 380 cm³/mol. The molecule has 0 radical (unpaired) electrons. The molecule has 4 aromatic heterocycles. The summed E-state index contributed by atoms with van der Waals surface area (Å²) in [5.74, 6) is 3.49. The van der Waals surface area contributed by atoms with Crippen LogP contribution in [0, 0.1) is 21.7 Å². The number of ether oxygens (including phenoxy) is 4. The topological polar surface area (TPSA) is 88.5 Å². The third-order valence-electron chi connectivity index (χ3n) is 17.9. The zero-order valence-corrected chi connectivity index (χ0v) is 59.8. The first kappa shape index (κ1) is 69.0. The minimum atomic E-state index is -0.236. The molecule has 8 heteroatoms. The average Bonchev–Trinajstić information content (AvgIpc) is 0.772. The van der Waals surface area contributed by atoms with E-state index in [2.05, 4.69) is 231 Å². The Kier molecular flexibility index (Phi) is 20.5. The van der Waals surface area contributed by atoms with Crippen LogP contribution in [0.3, 0.4) is 0 Å². The van der Waals surface area contributed by atoms with Gasteiger partial charge in [-0.3, -0.25) is 19.9 Å². The van der Waals surface area contributed by atoms with Gasteiger partial charge in [0.25, 0.3) is 0 Å². The number of rotatable bonds is 20. The Morgan fingerprint density at radius 2 is 0.446 bits per heavy atom. The molecule has 0 fully saturated rings. The lowest BCUT2D eigenvalue weighted by Crippen LogP contribution is -2.26. The largest absolute Gasteiger partial charge is 0.488 e. The molecule has 0 aliphatic heterocycles. The van der Waals surface area contributed by atoms with Crippen LogP contribution in [-0.2, 0) is 73.8 Å². The van der Waals surface area contributed by atoms with Crippen LogP contribution in [-0.4, -0.2) is 19.9 Å². The summed E-state index contributed by atoms with van der Waals surface area (Å²) in [6.07, 6.45) is 21.0. The zero-order chi connectivity index (χ0) is 66.7. The molecule has 488 valence electrons. The second-order valence-corrected chi connectivity index (χ2v) is 34.3. The lowest BCUT2D eigenvalue weighted by molar-refractivity contribution is 0.281. The van der Waals surface area contributed by atoms with Gasteiger partial charge in [0, 0.05) is 97.5 Å². The first-order chi connectivity index (χ1) is 43.0. The maximum atomic E-state index is 7.51. The molecule has 0 saturated carbocycles. The van der Waals surface area contributed by atoms with Crippen LogP contribution in [0.5, 0.6) is 23.0 Å². The van der Waals surface area contributed by atoms with Crippen molar-refractivity contribution in [1.82, 2.24) is 19.9 Å². The van der Waals surface area contributed by atoms with Crippen LogP contribution in [0.1, 0.15) is 253 Å². The number of hydrogen-bond acceptors (Lipinski definition) is 8. The van der Waals surface area contributed by atoms with Crippen molar-refractivity contribution >= 4 is 0 Å². The van der Waals surface area contributed by atoms with E-state index in [9.17, 15) is 0 Å². The molecule has 8 bridgehead atoms. The van der Waals surface area contributed by atoms with Crippen molar-refractivity contribution < 1.29 is 18.9 Å². The number of fused-ring (bicyclic) bond motifs is 8. The van der Waals surface area contributed by atoms with E-state index in [1.165, 1.54) is 22.3 Å². The maximum Gasteiger partial charge on any atom is 0.126 e. The summed E-state index contributed by atoms with van der Waals surface area (Å²) in [6.45, 7) is 49.1. The third kappa shape index (κ3) is 18.5. The normalized spacial score (nSPS) is 13.6. The van der Waals surface area contributed by atoms with Crippen LogP contribution in [0.4, 0.5) is 0 Å². The molecule has 9 rings (SSSR count). The molecule has 0 atom stereocenters. The van der Waals surface area contributed by atoms with Gasteiger partial charge in [0.2, 0.25) is 0 Å². The zero-order valence-electron chi connectivity index (χ0n) is 59.8. The van der Waals surface area contributed by atoms with E-state index in [-0.39, 0.29) is 43.3 Å². The molecule has 0 unspecified atom stereocenters. The molecule has 0 amide bonds. The van der Waals surface area contributed by atoms with E-state index >= 15 is 0 Å².